The molecule has 1 N–H and O–H groups in total. The Morgan fingerprint density at radius 1 is 1.09 bits per heavy atom. The Morgan fingerprint density at radius 2 is 1.88 bits per heavy atom. The van der Waals surface area contributed by atoms with Gasteiger partial charge in [0.05, 0.1) is 23.4 Å². The molecule has 162 valence electrons. The summed E-state index contributed by atoms with van der Waals surface area (Å²) in [7, 11) is 0. The van der Waals surface area contributed by atoms with Crippen molar-refractivity contribution >= 4 is 22.9 Å². The Hall–Kier alpha value is -4.50. The molecule has 5 nitrogen and oxygen atoms in total. The molecule has 0 unspecified atom stereocenters. The van der Waals surface area contributed by atoms with E-state index >= 15 is 0 Å². The van der Waals surface area contributed by atoms with E-state index in [9.17, 15) is 9.18 Å². The van der Waals surface area contributed by atoms with Crippen molar-refractivity contribution < 1.29 is 13.9 Å². The van der Waals surface area contributed by atoms with Crippen molar-refractivity contribution in [1.29, 1.82) is 5.26 Å². The predicted molar refractivity (Wildman–Crippen MR) is 126 cm³/mol. The van der Waals surface area contributed by atoms with Crippen molar-refractivity contribution in [3.8, 4) is 11.8 Å². The number of benzene rings is 4. The molecule has 4 aromatic carbocycles. The zero-order valence-corrected chi connectivity index (χ0v) is 17.9. The van der Waals surface area contributed by atoms with Gasteiger partial charge in [0, 0.05) is 5.56 Å². The van der Waals surface area contributed by atoms with Gasteiger partial charge in [-0.2, -0.15) is 10.4 Å². The average Bonchev–Trinajstić information content (AvgIpc) is 2.84. The Labute approximate surface area is 190 Å². The molecule has 0 aliphatic rings. The van der Waals surface area contributed by atoms with E-state index in [0.29, 0.717) is 17.9 Å². The molecule has 0 aliphatic heterocycles. The molecule has 6 heteroatoms. The number of fused-ring (bicyclic) bond motifs is 1. The number of nitrogens with zero attached hydrogens (tertiary/aromatic N) is 2. The van der Waals surface area contributed by atoms with Gasteiger partial charge in [0.15, 0.2) is 0 Å². The maximum Gasteiger partial charge on any atom is 0.274 e. The van der Waals surface area contributed by atoms with Crippen LogP contribution in [0.15, 0.2) is 84.0 Å². The van der Waals surface area contributed by atoms with Crippen LogP contribution in [-0.2, 0) is 6.61 Å². The van der Waals surface area contributed by atoms with Crippen molar-refractivity contribution in [2.45, 2.75) is 13.5 Å². The van der Waals surface area contributed by atoms with Crippen LogP contribution < -0.4 is 10.2 Å². The number of hydrazone groups is 1. The van der Waals surface area contributed by atoms with Crippen LogP contribution in [0.4, 0.5) is 4.39 Å². The van der Waals surface area contributed by atoms with Crippen molar-refractivity contribution in [3.05, 3.63) is 112 Å². The first-order chi connectivity index (χ1) is 16.0. The molecular weight excluding hydrogens is 417 g/mol. The van der Waals surface area contributed by atoms with E-state index in [2.05, 4.69) is 10.5 Å². The summed E-state index contributed by atoms with van der Waals surface area (Å²) in [4.78, 5) is 12.4. The lowest BCUT2D eigenvalue weighted by molar-refractivity contribution is 0.0951. The summed E-state index contributed by atoms with van der Waals surface area (Å²) < 4.78 is 20.2. The molecule has 4 rings (SSSR count). The van der Waals surface area contributed by atoms with Crippen LogP contribution in [-0.4, -0.2) is 12.1 Å². The monoisotopic (exact) mass is 437 g/mol. The standard InChI is InChI=1S/C27H20FN3O2/c1-18-6-8-19(9-7-18)17-33-26-13-11-21-4-2-3-5-22(21)24(26)16-30-31-27(32)23-12-10-20(15-29)14-25(23)28/h2-14,16H,17H2,1H3,(H,31,32)/b30-16-. The maximum absolute atomic E-state index is 14.1. The second-order valence-corrected chi connectivity index (χ2v) is 7.48. The SMILES string of the molecule is Cc1ccc(COc2ccc3ccccc3c2/C=N\NC(=O)c2ccc(C#N)cc2F)cc1. The lowest BCUT2D eigenvalue weighted by Gasteiger charge is -2.12. The van der Waals surface area contributed by atoms with E-state index in [4.69, 9.17) is 10.00 Å². The van der Waals surface area contributed by atoms with Crippen LogP contribution in [0.3, 0.4) is 0 Å². The Bertz CT molecular complexity index is 1390. The van der Waals surface area contributed by atoms with Crippen LogP contribution in [0.5, 0.6) is 5.75 Å². The van der Waals surface area contributed by atoms with E-state index in [1.807, 2.05) is 73.7 Å². The Balaban J connectivity index is 1.58. The quantitative estimate of drug-likeness (QED) is 0.320. The van der Waals surface area contributed by atoms with Crippen LogP contribution in [0.25, 0.3) is 10.8 Å². The summed E-state index contributed by atoms with van der Waals surface area (Å²) >= 11 is 0. The summed E-state index contributed by atoms with van der Waals surface area (Å²) in [5, 5.41) is 14.8. The zero-order chi connectivity index (χ0) is 23.2. The fourth-order valence-electron chi connectivity index (χ4n) is 3.36. The molecule has 0 saturated heterocycles. The molecule has 33 heavy (non-hydrogen) atoms. The van der Waals surface area contributed by atoms with Gasteiger partial charge in [-0.3, -0.25) is 4.79 Å². The molecule has 0 aromatic heterocycles. The fraction of sp³-hybridized carbons (Fsp3) is 0.0741. The van der Waals surface area contributed by atoms with Gasteiger partial charge in [-0.1, -0.05) is 60.2 Å². The largest absolute Gasteiger partial charge is 0.488 e. The second-order valence-electron chi connectivity index (χ2n) is 7.48. The van der Waals surface area contributed by atoms with Crippen LogP contribution >= 0.6 is 0 Å². The van der Waals surface area contributed by atoms with E-state index < -0.39 is 11.7 Å². The van der Waals surface area contributed by atoms with Gasteiger partial charge in [0.25, 0.3) is 5.91 Å². The molecule has 0 atom stereocenters. The van der Waals surface area contributed by atoms with Gasteiger partial charge >= 0.3 is 0 Å². The van der Waals surface area contributed by atoms with Crippen molar-refractivity contribution in [1.82, 2.24) is 5.43 Å². The fourth-order valence-corrected chi connectivity index (χ4v) is 3.36. The molecule has 0 aliphatic carbocycles. The van der Waals surface area contributed by atoms with Gasteiger partial charge in [0.1, 0.15) is 18.2 Å². The Kier molecular flexibility index (Phi) is 6.42. The summed E-state index contributed by atoms with van der Waals surface area (Å²) in [5.41, 5.74) is 5.19. The third-order valence-electron chi connectivity index (χ3n) is 5.15. The highest BCUT2D eigenvalue weighted by Crippen LogP contribution is 2.27. The first-order valence-corrected chi connectivity index (χ1v) is 10.3. The molecule has 1 amide bonds. The van der Waals surface area contributed by atoms with Gasteiger partial charge in [-0.05, 0) is 47.5 Å². The van der Waals surface area contributed by atoms with Crippen molar-refractivity contribution in [2.24, 2.45) is 5.10 Å². The molecule has 0 spiro atoms. The van der Waals surface area contributed by atoms with E-state index in [1.54, 1.807) is 0 Å². The summed E-state index contributed by atoms with van der Waals surface area (Å²) in [6.45, 7) is 2.41. The van der Waals surface area contributed by atoms with Crippen LogP contribution in [0.2, 0.25) is 0 Å². The number of amides is 1. The number of rotatable bonds is 6. The van der Waals surface area contributed by atoms with Crippen molar-refractivity contribution in [2.75, 3.05) is 0 Å². The van der Waals surface area contributed by atoms with Gasteiger partial charge in [-0.25, -0.2) is 9.82 Å². The zero-order valence-electron chi connectivity index (χ0n) is 17.9. The maximum atomic E-state index is 14.1. The molecule has 0 fully saturated rings. The summed E-state index contributed by atoms with van der Waals surface area (Å²) in [5.74, 6) is -0.888. The average molecular weight is 437 g/mol. The van der Waals surface area contributed by atoms with Gasteiger partial charge in [-0.15, -0.1) is 0 Å². The van der Waals surface area contributed by atoms with Crippen LogP contribution in [0, 0.1) is 24.1 Å². The van der Waals surface area contributed by atoms with Crippen molar-refractivity contribution in [3.63, 3.8) is 0 Å². The first-order valence-electron chi connectivity index (χ1n) is 10.3. The minimum Gasteiger partial charge on any atom is -0.488 e. The lowest BCUT2D eigenvalue weighted by atomic mass is 10.0. The van der Waals surface area contributed by atoms with Crippen LogP contribution in [0.1, 0.15) is 32.6 Å². The lowest BCUT2D eigenvalue weighted by Crippen LogP contribution is -2.19. The number of halogens is 1. The minimum atomic E-state index is -0.783. The highest BCUT2D eigenvalue weighted by atomic mass is 19.1. The number of hydrogen-bond acceptors (Lipinski definition) is 4. The normalized spacial score (nSPS) is 10.8. The molecular formula is C27H20FN3O2. The number of ether oxygens (including phenoxy) is 1. The van der Waals surface area contributed by atoms with Gasteiger partial charge in [0.2, 0.25) is 0 Å². The number of aryl methyl sites for hydroxylation is 1. The molecule has 4 aromatic rings. The minimum absolute atomic E-state index is 0.138. The Morgan fingerprint density at radius 3 is 2.64 bits per heavy atom. The number of nitriles is 1. The number of carbonyl (C=O) groups excluding carboxylic acids is 1. The molecule has 0 saturated carbocycles. The first kappa shape index (κ1) is 21.7. The van der Waals surface area contributed by atoms with E-state index in [0.717, 1.165) is 22.4 Å². The van der Waals surface area contributed by atoms with E-state index in [1.165, 1.54) is 23.9 Å². The number of nitrogens with one attached hydrogen (secondary N) is 1. The summed E-state index contributed by atoms with van der Waals surface area (Å²) in [6.07, 6.45) is 1.49. The molecule has 0 radical (unpaired) electrons. The predicted octanol–water partition coefficient (Wildman–Crippen LogP) is 5.50. The second kappa shape index (κ2) is 9.75. The molecule has 0 bridgehead atoms. The highest BCUT2D eigenvalue weighted by molar-refractivity contribution is 6.03. The number of carbonyl (C=O) groups is 1. The third kappa shape index (κ3) is 5.05. The highest BCUT2D eigenvalue weighted by Gasteiger charge is 2.12. The van der Waals surface area contributed by atoms with E-state index in [-0.39, 0.29) is 11.1 Å². The summed E-state index contributed by atoms with van der Waals surface area (Å²) in [6, 6.07) is 25.1. The smallest absolute Gasteiger partial charge is 0.274 e. The topological polar surface area (TPSA) is 74.5 Å². The van der Waals surface area contributed by atoms with Gasteiger partial charge < -0.3 is 4.74 Å². The molecule has 0 heterocycles. The third-order valence-corrected chi connectivity index (χ3v) is 5.15. The number of hydrogen-bond donors (Lipinski definition) is 1.